The predicted molar refractivity (Wildman–Crippen MR) is 121 cm³/mol. The molecule has 2 aromatic carbocycles. The van der Waals surface area contributed by atoms with Crippen molar-refractivity contribution in [2.45, 2.75) is 39.0 Å². The van der Waals surface area contributed by atoms with Gasteiger partial charge < -0.3 is 14.5 Å². The van der Waals surface area contributed by atoms with Crippen molar-refractivity contribution >= 4 is 32.6 Å². The van der Waals surface area contributed by atoms with Gasteiger partial charge >= 0.3 is 0 Å². The van der Waals surface area contributed by atoms with Crippen molar-refractivity contribution in [3.63, 3.8) is 0 Å². The zero-order valence-corrected chi connectivity index (χ0v) is 19.1. The summed E-state index contributed by atoms with van der Waals surface area (Å²) in [6.45, 7) is 8.48. The molecule has 0 atom stereocenters. The van der Waals surface area contributed by atoms with E-state index < -0.39 is 10.0 Å². The number of sulfonamides is 1. The maximum Gasteiger partial charge on any atom is 0.243 e. The number of anilines is 1. The fraction of sp³-hybridized carbons (Fsp3) is 0.348. The Morgan fingerprint density at radius 3 is 2.52 bits per heavy atom. The Hall–Kier alpha value is -2.84. The number of carbonyl (C=O) groups excluding carboxylic acids is 1. The summed E-state index contributed by atoms with van der Waals surface area (Å²) in [5.41, 5.74) is 2.89. The van der Waals surface area contributed by atoms with Gasteiger partial charge in [-0.25, -0.2) is 8.42 Å². The predicted octanol–water partition coefficient (Wildman–Crippen LogP) is 4.35. The molecule has 0 fully saturated rings. The van der Waals surface area contributed by atoms with Crippen molar-refractivity contribution in [1.82, 2.24) is 4.31 Å². The molecule has 0 unspecified atom stereocenters. The van der Waals surface area contributed by atoms with Gasteiger partial charge in [0.15, 0.2) is 0 Å². The number of rotatable bonds is 9. The summed E-state index contributed by atoms with van der Waals surface area (Å²) < 4.78 is 38.3. The average Bonchev–Trinajstić information content (AvgIpc) is 3.11. The van der Waals surface area contributed by atoms with E-state index in [1.165, 1.54) is 16.4 Å². The smallest absolute Gasteiger partial charge is 0.243 e. The van der Waals surface area contributed by atoms with Gasteiger partial charge in [-0.05, 0) is 43.7 Å². The monoisotopic (exact) mass is 444 g/mol. The van der Waals surface area contributed by atoms with Crippen LogP contribution in [0, 0.1) is 6.92 Å². The largest absolute Gasteiger partial charge is 0.492 e. The van der Waals surface area contributed by atoms with E-state index in [0.717, 1.165) is 22.1 Å². The Bertz CT molecular complexity index is 1180. The Labute approximate surface area is 183 Å². The molecular weight excluding hydrogens is 416 g/mol. The highest BCUT2D eigenvalue weighted by Gasteiger charge is 2.23. The molecule has 0 aliphatic heterocycles. The number of fused-ring (bicyclic) bond motifs is 1. The summed E-state index contributed by atoms with van der Waals surface area (Å²) in [5.74, 6) is 0.128. The summed E-state index contributed by atoms with van der Waals surface area (Å²) in [6.07, 6.45) is 1.67. The molecule has 8 heteroatoms. The molecule has 0 radical (unpaired) electrons. The van der Waals surface area contributed by atoms with Crippen LogP contribution in [-0.4, -0.2) is 38.3 Å². The molecule has 7 nitrogen and oxygen atoms in total. The van der Waals surface area contributed by atoms with Gasteiger partial charge in [0.2, 0.25) is 15.9 Å². The average molecular weight is 445 g/mol. The van der Waals surface area contributed by atoms with E-state index in [1.807, 2.05) is 32.0 Å². The number of nitrogens with zero attached hydrogens (tertiary/aromatic N) is 1. The molecule has 3 rings (SSSR count). The number of carbonyl (C=O) groups is 1. The summed E-state index contributed by atoms with van der Waals surface area (Å²) in [7, 11) is -3.66. The second kappa shape index (κ2) is 9.53. The summed E-state index contributed by atoms with van der Waals surface area (Å²) in [4.78, 5) is 12.9. The molecule has 1 heterocycles. The topological polar surface area (TPSA) is 88.9 Å². The number of amides is 1. The molecule has 0 bridgehead atoms. The van der Waals surface area contributed by atoms with E-state index in [2.05, 4.69) is 5.32 Å². The number of hydrogen-bond donors (Lipinski definition) is 1. The fourth-order valence-corrected chi connectivity index (χ4v) is 4.94. The van der Waals surface area contributed by atoms with Crippen molar-refractivity contribution in [1.29, 1.82) is 0 Å². The molecule has 0 aliphatic carbocycles. The molecule has 166 valence electrons. The van der Waals surface area contributed by atoms with Crippen molar-refractivity contribution in [2.24, 2.45) is 0 Å². The first-order chi connectivity index (χ1) is 14.8. The van der Waals surface area contributed by atoms with E-state index in [0.29, 0.717) is 31.1 Å². The summed E-state index contributed by atoms with van der Waals surface area (Å²) in [6, 6.07) is 10.3. The number of aryl methyl sites for hydroxylation is 1. The molecule has 1 N–H and O–H groups in total. The van der Waals surface area contributed by atoms with Crippen LogP contribution >= 0.6 is 0 Å². The first-order valence-electron chi connectivity index (χ1n) is 10.3. The summed E-state index contributed by atoms with van der Waals surface area (Å²) in [5, 5.41) is 3.69. The Balaban J connectivity index is 1.88. The van der Waals surface area contributed by atoms with E-state index in [-0.39, 0.29) is 17.2 Å². The van der Waals surface area contributed by atoms with Crippen molar-refractivity contribution in [2.75, 3.05) is 25.0 Å². The van der Waals surface area contributed by atoms with Crippen LogP contribution < -0.4 is 10.1 Å². The van der Waals surface area contributed by atoms with Gasteiger partial charge in [0.1, 0.15) is 11.3 Å². The minimum atomic E-state index is -3.66. The van der Waals surface area contributed by atoms with Crippen LogP contribution in [0.5, 0.6) is 5.75 Å². The molecular formula is C23H28N2O5S. The lowest BCUT2D eigenvalue weighted by molar-refractivity contribution is -0.115. The van der Waals surface area contributed by atoms with E-state index in [1.54, 1.807) is 26.2 Å². The lowest BCUT2D eigenvalue weighted by Crippen LogP contribution is -2.30. The quantitative estimate of drug-likeness (QED) is 0.530. The van der Waals surface area contributed by atoms with Crippen LogP contribution in [0.25, 0.3) is 11.0 Å². The van der Waals surface area contributed by atoms with Gasteiger partial charge in [0.05, 0.1) is 29.9 Å². The lowest BCUT2D eigenvalue weighted by atomic mass is 10.1. The number of hydrogen-bond acceptors (Lipinski definition) is 5. The van der Waals surface area contributed by atoms with E-state index in [9.17, 15) is 13.2 Å². The molecule has 0 saturated carbocycles. The SMILES string of the molecule is CCOc1ccc(S(=O)(=O)N(CC)CC)cc1NC(=O)Cc1coc2cc(C)ccc12. The second-order valence-corrected chi connectivity index (χ2v) is 9.10. The Kier molecular flexibility index (Phi) is 7.02. The van der Waals surface area contributed by atoms with Gasteiger partial charge in [-0.15, -0.1) is 0 Å². The lowest BCUT2D eigenvalue weighted by Gasteiger charge is -2.20. The van der Waals surface area contributed by atoms with Crippen LogP contribution in [0.4, 0.5) is 5.69 Å². The van der Waals surface area contributed by atoms with Crippen molar-refractivity contribution < 1.29 is 22.4 Å². The van der Waals surface area contributed by atoms with Gasteiger partial charge in [0.25, 0.3) is 0 Å². The number of furan rings is 1. The molecule has 1 aromatic heterocycles. The van der Waals surface area contributed by atoms with Crippen LogP contribution in [-0.2, 0) is 21.2 Å². The zero-order valence-electron chi connectivity index (χ0n) is 18.3. The first kappa shape index (κ1) is 22.8. The number of ether oxygens (including phenoxy) is 1. The van der Waals surface area contributed by atoms with Crippen LogP contribution in [0.2, 0.25) is 0 Å². The van der Waals surface area contributed by atoms with Gasteiger partial charge in [-0.1, -0.05) is 26.0 Å². The van der Waals surface area contributed by atoms with Crippen molar-refractivity contribution in [3.05, 3.63) is 53.8 Å². The highest BCUT2D eigenvalue weighted by molar-refractivity contribution is 7.89. The highest BCUT2D eigenvalue weighted by Crippen LogP contribution is 2.30. The minimum Gasteiger partial charge on any atom is -0.492 e. The third-order valence-electron chi connectivity index (χ3n) is 5.03. The maximum absolute atomic E-state index is 12.9. The molecule has 31 heavy (non-hydrogen) atoms. The molecule has 0 saturated heterocycles. The standard InChI is InChI=1S/C23H28N2O5S/c1-5-25(6-2)31(27,28)18-9-11-21(29-7-3)20(14-18)24-23(26)13-17-15-30-22-12-16(4)8-10-19(17)22/h8-12,14-15H,5-7,13H2,1-4H3,(H,24,26). The second-order valence-electron chi connectivity index (χ2n) is 7.17. The van der Waals surface area contributed by atoms with E-state index in [4.69, 9.17) is 9.15 Å². The highest BCUT2D eigenvalue weighted by atomic mass is 32.2. The van der Waals surface area contributed by atoms with Crippen LogP contribution in [0.3, 0.4) is 0 Å². The molecule has 1 amide bonds. The third kappa shape index (κ3) is 4.91. The maximum atomic E-state index is 12.9. The minimum absolute atomic E-state index is 0.0919. The molecule has 0 spiro atoms. The van der Waals surface area contributed by atoms with Gasteiger partial charge in [-0.2, -0.15) is 4.31 Å². The first-order valence-corrected chi connectivity index (χ1v) is 11.8. The molecule has 3 aromatic rings. The summed E-state index contributed by atoms with van der Waals surface area (Å²) >= 11 is 0. The van der Waals surface area contributed by atoms with Gasteiger partial charge in [0, 0.05) is 24.0 Å². The number of nitrogens with one attached hydrogen (secondary N) is 1. The third-order valence-corrected chi connectivity index (χ3v) is 7.08. The molecule has 0 aliphatic rings. The number of benzene rings is 2. The van der Waals surface area contributed by atoms with Crippen LogP contribution in [0.1, 0.15) is 31.9 Å². The normalized spacial score (nSPS) is 11.8. The van der Waals surface area contributed by atoms with E-state index >= 15 is 0 Å². The fourth-order valence-electron chi connectivity index (χ4n) is 3.46. The van der Waals surface area contributed by atoms with Gasteiger partial charge in [-0.3, -0.25) is 4.79 Å². The zero-order chi connectivity index (χ0) is 22.6. The Morgan fingerprint density at radius 2 is 1.84 bits per heavy atom. The van der Waals surface area contributed by atoms with Crippen molar-refractivity contribution in [3.8, 4) is 5.75 Å². The Morgan fingerprint density at radius 1 is 1.10 bits per heavy atom. The van der Waals surface area contributed by atoms with Crippen LogP contribution in [0.15, 0.2) is 52.0 Å².